The van der Waals surface area contributed by atoms with Crippen molar-refractivity contribution >= 4 is 11.8 Å². The quantitative estimate of drug-likeness (QED) is 0.903. The number of amides is 2. The van der Waals surface area contributed by atoms with Crippen LogP contribution in [0.2, 0.25) is 0 Å². The second kappa shape index (κ2) is 6.79. The van der Waals surface area contributed by atoms with Gasteiger partial charge in [-0.2, -0.15) is 0 Å². The molecular formula is C18H23FN2O3. The third kappa shape index (κ3) is 3.37. The highest BCUT2D eigenvalue weighted by Crippen LogP contribution is 2.40. The van der Waals surface area contributed by atoms with Gasteiger partial charge in [-0.1, -0.05) is 0 Å². The molecule has 3 rings (SSSR count). The van der Waals surface area contributed by atoms with Crippen molar-refractivity contribution < 1.29 is 18.7 Å². The van der Waals surface area contributed by atoms with E-state index in [1.54, 1.807) is 11.0 Å². The molecular weight excluding hydrogens is 311 g/mol. The number of benzene rings is 1. The van der Waals surface area contributed by atoms with Crippen molar-refractivity contribution in [3.8, 4) is 5.75 Å². The van der Waals surface area contributed by atoms with Crippen LogP contribution in [0.1, 0.15) is 42.5 Å². The lowest BCUT2D eigenvalue weighted by Gasteiger charge is -2.41. The zero-order valence-corrected chi connectivity index (χ0v) is 13.9. The standard InChI is InChI=1S/C18H23FN2O3/c1-24-15-3-2-13(12-14(15)19)17(23)21-10-7-18(8-11-21)5-4-16(22)20-9-6-18/h2-3,12H,4-11H2,1H3,(H,20,22). The van der Waals surface area contributed by atoms with E-state index in [9.17, 15) is 14.0 Å². The fraction of sp³-hybridized carbons (Fsp3) is 0.556. The first-order chi connectivity index (χ1) is 11.5. The number of carbonyl (C=O) groups excluding carboxylic acids is 2. The molecule has 130 valence electrons. The number of methoxy groups -OCH3 is 1. The summed E-state index contributed by atoms with van der Waals surface area (Å²) < 4.78 is 18.7. The van der Waals surface area contributed by atoms with Gasteiger partial charge in [-0.3, -0.25) is 9.59 Å². The number of halogens is 1. The van der Waals surface area contributed by atoms with E-state index in [0.717, 1.165) is 32.2 Å². The van der Waals surface area contributed by atoms with Gasteiger partial charge in [0.15, 0.2) is 11.6 Å². The predicted octanol–water partition coefficient (Wildman–Crippen LogP) is 2.36. The van der Waals surface area contributed by atoms with Gasteiger partial charge in [0.05, 0.1) is 7.11 Å². The predicted molar refractivity (Wildman–Crippen MR) is 87.4 cm³/mol. The van der Waals surface area contributed by atoms with Gasteiger partial charge >= 0.3 is 0 Å². The van der Waals surface area contributed by atoms with Crippen LogP contribution in [0.4, 0.5) is 4.39 Å². The number of piperidine rings is 1. The molecule has 0 bridgehead atoms. The highest BCUT2D eigenvalue weighted by molar-refractivity contribution is 5.94. The van der Waals surface area contributed by atoms with E-state index in [1.165, 1.54) is 19.2 Å². The van der Waals surface area contributed by atoms with E-state index < -0.39 is 5.82 Å². The average molecular weight is 334 g/mol. The molecule has 0 atom stereocenters. The number of nitrogens with one attached hydrogen (secondary N) is 1. The molecule has 24 heavy (non-hydrogen) atoms. The van der Waals surface area contributed by atoms with Crippen molar-refractivity contribution in [3.05, 3.63) is 29.6 Å². The monoisotopic (exact) mass is 334 g/mol. The van der Waals surface area contributed by atoms with Crippen LogP contribution in [0.3, 0.4) is 0 Å². The molecule has 2 saturated heterocycles. The molecule has 0 aliphatic carbocycles. The molecule has 0 unspecified atom stereocenters. The van der Waals surface area contributed by atoms with Crippen molar-refractivity contribution in [2.45, 2.75) is 32.1 Å². The molecule has 2 fully saturated rings. The Morgan fingerprint density at radius 1 is 1.25 bits per heavy atom. The summed E-state index contributed by atoms with van der Waals surface area (Å²) in [4.78, 5) is 25.9. The summed E-state index contributed by atoms with van der Waals surface area (Å²) >= 11 is 0. The maximum atomic E-state index is 13.8. The molecule has 1 spiro atoms. The zero-order chi connectivity index (χ0) is 17.2. The molecule has 1 aromatic carbocycles. The van der Waals surface area contributed by atoms with Crippen molar-refractivity contribution in [3.63, 3.8) is 0 Å². The Morgan fingerprint density at radius 2 is 2.00 bits per heavy atom. The molecule has 2 aliphatic rings. The number of ether oxygens (including phenoxy) is 1. The van der Waals surface area contributed by atoms with Crippen LogP contribution in [0.25, 0.3) is 0 Å². The minimum Gasteiger partial charge on any atom is -0.494 e. The van der Waals surface area contributed by atoms with Gasteiger partial charge in [0.1, 0.15) is 0 Å². The Bertz CT molecular complexity index is 639. The Labute approximate surface area is 141 Å². The van der Waals surface area contributed by atoms with E-state index in [4.69, 9.17) is 4.74 Å². The first-order valence-electron chi connectivity index (χ1n) is 8.43. The molecule has 2 aliphatic heterocycles. The maximum absolute atomic E-state index is 13.8. The third-order valence-electron chi connectivity index (χ3n) is 5.37. The van der Waals surface area contributed by atoms with E-state index in [-0.39, 0.29) is 23.0 Å². The highest BCUT2D eigenvalue weighted by Gasteiger charge is 2.37. The van der Waals surface area contributed by atoms with Gasteiger partial charge in [-0.05, 0) is 49.3 Å². The first-order valence-corrected chi connectivity index (χ1v) is 8.43. The van der Waals surface area contributed by atoms with Gasteiger partial charge in [0.2, 0.25) is 5.91 Å². The smallest absolute Gasteiger partial charge is 0.253 e. The van der Waals surface area contributed by atoms with Crippen molar-refractivity contribution in [2.75, 3.05) is 26.7 Å². The Kier molecular flexibility index (Phi) is 4.73. The van der Waals surface area contributed by atoms with Crippen LogP contribution in [-0.2, 0) is 4.79 Å². The number of carbonyl (C=O) groups is 2. The van der Waals surface area contributed by atoms with Gasteiger partial charge in [-0.25, -0.2) is 4.39 Å². The second-order valence-corrected chi connectivity index (χ2v) is 6.74. The SMILES string of the molecule is COc1ccc(C(=O)N2CCC3(CCNC(=O)CC3)CC2)cc1F. The van der Waals surface area contributed by atoms with E-state index in [2.05, 4.69) is 5.32 Å². The minimum atomic E-state index is -0.523. The molecule has 2 heterocycles. The topological polar surface area (TPSA) is 58.6 Å². The molecule has 0 saturated carbocycles. The fourth-order valence-corrected chi connectivity index (χ4v) is 3.73. The molecule has 0 aromatic heterocycles. The summed E-state index contributed by atoms with van der Waals surface area (Å²) in [7, 11) is 1.40. The normalized spacial score (nSPS) is 20.4. The number of likely N-dealkylation sites (tertiary alicyclic amines) is 1. The Balaban J connectivity index is 1.64. The summed E-state index contributed by atoms with van der Waals surface area (Å²) in [6, 6.07) is 4.32. The first kappa shape index (κ1) is 16.7. The molecule has 5 nitrogen and oxygen atoms in total. The van der Waals surface area contributed by atoms with E-state index in [0.29, 0.717) is 25.1 Å². The molecule has 6 heteroatoms. The van der Waals surface area contributed by atoms with E-state index >= 15 is 0 Å². The number of rotatable bonds is 2. The number of nitrogens with zero attached hydrogens (tertiary/aromatic N) is 1. The number of hydrogen-bond acceptors (Lipinski definition) is 3. The van der Waals surface area contributed by atoms with Crippen molar-refractivity contribution in [1.29, 1.82) is 0 Å². The van der Waals surface area contributed by atoms with Gasteiger partial charge < -0.3 is 15.0 Å². The van der Waals surface area contributed by atoms with E-state index in [1.807, 2.05) is 0 Å². The van der Waals surface area contributed by atoms with Crippen LogP contribution in [-0.4, -0.2) is 43.5 Å². The van der Waals surface area contributed by atoms with Crippen molar-refractivity contribution in [2.24, 2.45) is 5.41 Å². The van der Waals surface area contributed by atoms with Crippen LogP contribution in [0, 0.1) is 11.2 Å². The molecule has 1 N–H and O–H groups in total. The van der Waals surface area contributed by atoms with Gasteiger partial charge in [0, 0.05) is 31.6 Å². The summed E-state index contributed by atoms with van der Waals surface area (Å²) in [5, 5.41) is 2.92. The molecule has 1 aromatic rings. The fourth-order valence-electron chi connectivity index (χ4n) is 3.73. The van der Waals surface area contributed by atoms with Gasteiger partial charge in [0.25, 0.3) is 5.91 Å². The second-order valence-electron chi connectivity index (χ2n) is 6.74. The highest BCUT2D eigenvalue weighted by atomic mass is 19.1. The van der Waals surface area contributed by atoms with Crippen LogP contribution in [0.15, 0.2) is 18.2 Å². The maximum Gasteiger partial charge on any atom is 0.253 e. The molecule has 2 amide bonds. The van der Waals surface area contributed by atoms with Gasteiger partial charge in [-0.15, -0.1) is 0 Å². The third-order valence-corrected chi connectivity index (χ3v) is 5.37. The lowest BCUT2D eigenvalue weighted by molar-refractivity contribution is -0.121. The lowest BCUT2D eigenvalue weighted by Crippen LogP contribution is -2.43. The van der Waals surface area contributed by atoms with Crippen LogP contribution >= 0.6 is 0 Å². The molecule has 0 radical (unpaired) electrons. The van der Waals surface area contributed by atoms with Crippen molar-refractivity contribution in [1.82, 2.24) is 10.2 Å². The summed E-state index contributed by atoms with van der Waals surface area (Å²) in [6.07, 6.45) is 4.21. The number of hydrogen-bond donors (Lipinski definition) is 1. The minimum absolute atomic E-state index is 0.124. The zero-order valence-electron chi connectivity index (χ0n) is 13.9. The largest absolute Gasteiger partial charge is 0.494 e. The summed E-state index contributed by atoms with van der Waals surface area (Å²) in [5.41, 5.74) is 0.503. The summed E-state index contributed by atoms with van der Waals surface area (Å²) in [5.74, 6) is -0.404. The average Bonchev–Trinajstić information content (AvgIpc) is 2.77. The Hall–Kier alpha value is -2.11. The van der Waals surface area contributed by atoms with Crippen LogP contribution < -0.4 is 10.1 Å². The van der Waals surface area contributed by atoms with Crippen LogP contribution in [0.5, 0.6) is 5.75 Å². The summed E-state index contributed by atoms with van der Waals surface area (Å²) in [6.45, 7) is 2.03. The lowest BCUT2D eigenvalue weighted by atomic mass is 9.73. The Morgan fingerprint density at radius 3 is 2.67 bits per heavy atom.